The number of nitriles is 1. The minimum absolute atomic E-state index is 0.499. The Morgan fingerprint density at radius 2 is 2.11 bits per heavy atom. The molecule has 0 radical (unpaired) electrons. The molecule has 5 heteroatoms. The first kappa shape index (κ1) is 12.8. The molecule has 1 atom stereocenters. The van der Waals surface area contributed by atoms with E-state index in [1.807, 2.05) is 25.7 Å². The summed E-state index contributed by atoms with van der Waals surface area (Å²) in [4.78, 5) is 1.96. The van der Waals surface area contributed by atoms with E-state index in [1.165, 1.54) is 0 Å². The molecule has 5 nitrogen and oxygen atoms in total. The molecule has 96 valence electrons. The second-order valence-electron chi connectivity index (χ2n) is 5.24. The van der Waals surface area contributed by atoms with E-state index in [0.29, 0.717) is 17.9 Å². The highest BCUT2D eigenvalue weighted by Crippen LogP contribution is 2.27. The third-order valence-electron chi connectivity index (χ3n) is 3.52. The Hall–Kier alpha value is -1.67. The number of aryl methyl sites for hydroxylation is 1. The van der Waals surface area contributed by atoms with E-state index in [-0.39, 0.29) is 0 Å². The molecule has 1 aliphatic heterocycles. The van der Waals surface area contributed by atoms with Gasteiger partial charge in [-0.3, -0.25) is 0 Å². The summed E-state index contributed by atoms with van der Waals surface area (Å²) in [6.07, 6.45) is 1.68. The Morgan fingerprint density at radius 1 is 1.39 bits per heavy atom. The van der Waals surface area contributed by atoms with Gasteiger partial charge in [0.15, 0.2) is 5.82 Å². The maximum absolute atomic E-state index is 10.1. The Bertz CT molecular complexity index is 504. The van der Waals surface area contributed by atoms with Gasteiger partial charge in [0.05, 0.1) is 11.3 Å². The van der Waals surface area contributed by atoms with Gasteiger partial charge < -0.3 is 10.0 Å². The molecule has 0 bridgehead atoms. The van der Waals surface area contributed by atoms with Crippen molar-refractivity contribution in [1.29, 1.82) is 5.26 Å². The van der Waals surface area contributed by atoms with Gasteiger partial charge in [0.2, 0.25) is 0 Å². The van der Waals surface area contributed by atoms with Crippen LogP contribution in [0.5, 0.6) is 0 Å². The number of aromatic nitrogens is 2. The zero-order valence-corrected chi connectivity index (χ0v) is 11.1. The number of hydrogen-bond acceptors (Lipinski definition) is 5. The van der Waals surface area contributed by atoms with Crippen LogP contribution in [0.1, 0.15) is 36.6 Å². The molecule has 1 aliphatic rings. The Labute approximate surface area is 107 Å². The number of hydrogen-bond donors (Lipinski definition) is 1. The SMILES string of the molecule is Cc1nnc(N2CCCC(C)(O)C2)c(C#N)c1C. The molecule has 0 aliphatic carbocycles. The van der Waals surface area contributed by atoms with Crippen molar-refractivity contribution in [3.8, 4) is 6.07 Å². The van der Waals surface area contributed by atoms with Gasteiger partial charge in [0.1, 0.15) is 11.6 Å². The van der Waals surface area contributed by atoms with Crippen LogP contribution in [-0.4, -0.2) is 34.0 Å². The maximum Gasteiger partial charge on any atom is 0.169 e. The molecule has 1 aromatic heterocycles. The zero-order chi connectivity index (χ0) is 13.3. The van der Waals surface area contributed by atoms with E-state index in [4.69, 9.17) is 0 Å². The molecular weight excluding hydrogens is 228 g/mol. The number of aliphatic hydroxyl groups is 1. The van der Waals surface area contributed by atoms with Gasteiger partial charge in [-0.05, 0) is 39.2 Å². The molecule has 1 aromatic rings. The second-order valence-corrected chi connectivity index (χ2v) is 5.24. The average molecular weight is 246 g/mol. The molecule has 1 fully saturated rings. The van der Waals surface area contributed by atoms with Crippen molar-refractivity contribution in [2.75, 3.05) is 18.0 Å². The topological polar surface area (TPSA) is 73.0 Å². The highest BCUT2D eigenvalue weighted by Gasteiger charge is 2.30. The molecule has 0 saturated carbocycles. The third-order valence-corrected chi connectivity index (χ3v) is 3.52. The van der Waals surface area contributed by atoms with Crippen LogP contribution < -0.4 is 4.90 Å². The number of anilines is 1. The van der Waals surface area contributed by atoms with Gasteiger partial charge in [-0.1, -0.05) is 0 Å². The van der Waals surface area contributed by atoms with Gasteiger partial charge in [-0.25, -0.2) is 0 Å². The second kappa shape index (κ2) is 4.54. The van der Waals surface area contributed by atoms with Crippen LogP contribution >= 0.6 is 0 Å². The summed E-state index contributed by atoms with van der Waals surface area (Å²) < 4.78 is 0. The summed E-state index contributed by atoms with van der Waals surface area (Å²) in [6, 6.07) is 2.20. The Morgan fingerprint density at radius 3 is 2.72 bits per heavy atom. The fourth-order valence-electron chi connectivity index (χ4n) is 2.35. The summed E-state index contributed by atoms with van der Waals surface area (Å²) in [5, 5.41) is 27.6. The molecular formula is C13H18N4O. The molecule has 0 aromatic carbocycles. The van der Waals surface area contributed by atoms with Crippen LogP contribution in [0.4, 0.5) is 5.82 Å². The molecule has 2 heterocycles. The lowest BCUT2D eigenvalue weighted by Crippen LogP contribution is -2.46. The quantitative estimate of drug-likeness (QED) is 0.809. The summed E-state index contributed by atoms with van der Waals surface area (Å²) in [6.45, 7) is 6.86. The predicted molar refractivity (Wildman–Crippen MR) is 68.3 cm³/mol. The lowest BCUT2D eigenvalue weighted by molar-refractivity contribution is 0.0446. The van der Waals surface area contributed by atoms with Gasteiger partial charge in [-0.15, -0.1) is 5.10 Å². The zero-order valence-electron chi connectivity index (χ0n) is 11.1. The van der Waals surface area contributed by atoms with E-state index < -0.39 is 5.60 Å². The summed E-state index contributed by atoms with van der Waals surface area (Å²) in [7, 11) is 0. The largest absolute Gasteiger partial charge is 0.388 e. The summed E-state index contributed by atoms with van der Waals surface area (Å²) >= 11 is 0. The first-order valence-electron chi connectivity index (χ1n) is 6.16. The van der Waals surface area contributed by atoms with Crippen molar-refractivity contribution < 1.29 is 5.11 Å². The van der Waals surface area contributed by atoms with Gasteiger partial charge in [0.25, 0.3) is 0 Å². The molecule has 1 unspecified atom stereocenters. The fourth-order valence-corrected chi connectivity index (χ4v) is 2.35. The Kier molecular flexibility index (Phi) is 3.22. The molecule has 1 saturated heterocycles. The monoisotopic (exact) mass is 246 g/mol. The standard InChI is InChI=1S/C13H18N4O/c1-9-10(2)15-16-12(11(9)7-14)17-6-4-5-13(3,18)8-17/h18H,4-6,8H2,1-3H3. The van der Waals surface area contributed by atoms with Crippen molar-refractivity contribution in [3.05, 3.63) is 16.8 Å². The van der Waals surface area contributed by atoms with E-state index >= 15 is 0 Å². The van der Waals surface area contributed by atoms with Gasteiger partial charge in [-0.2, -0.15) is 10.4 Å². The first-order chi connectivity index (χ1) is 8.44. The lowest BCUT2D eigenvalue weighted by atomic mass is 9.95. The molecule has 2 rings (SSSR count). The minimum Gasteiger partial charge on any atom is -0.388 e. The summed E-state index contributed by atoms with van der Waals surface area (Å²) in [5.41, 5.74) is 1.50. The summed E-state index contributed by atoms with van der Waals surface area (Å²) in [5.74, 6) is 0.598. The highest BCUT2D eigenvalue weighted by molar-refractivity contribution is 5.57. The minimum atomic E-state index is -0.717. The highest BCUT2D eigenvalue weighted by atomic mass is 16.3. The van der Waals surface area contributed by atoms with Crippen LogP contribution in [0.25, 0.3) is 0 Å². The van der Waals surface area contributed by atoms with Crippen LogP contribution in [0.15, 0.2) is 0 Å². The maximum atomic E-state index is 10.1. The predicted octanol–water partition coefficient (Wildman–Crippen LogP) is 1.32. The van der Waals surface area contributed by atoms with Crippen molar-refractivity contribution in [3.63, 3.8) is 0 Å². The van der Waals surface area contributed by atoms with Crippen LogP contribution in [0, 0.1) is 25.2 Å². The van der Waals surface area contributed by atoms with Crippen molar-refractivity contribution in [2.24, 2.45) is 0 Å². The smallest absolute Gasteiger partial charge is 0.169 e. The molecule has 1 N–H and O–H groups in total. The molecule has 0 amide bonds. The molecule has 18 heavy (non-hydrogen) atoms. The van der Waals surface area contributed by atoms with Gasteiger partial charge >= 0.3 is 0 Å². The number of piperidine rings is 1. The van der Waals surface area contributed by atoms with Crippen LogP contribution in [0.3, 0.4) is 0 Å². The first-order valence-corrected chi connectivity index (χ1v) is 6.16. The lowest BCUT2D eigenvalue weighted by Gasteiger charge is -2.37. The van der Waals surface area contributed by atoms with Crippen molar-refractivity contribution in [1.82, 2.24) is 10.2 Å². The average Bonchev–Trinajstić information content (AvgIpc) is 2.31. The normalized spacial score (nSPS) is 23.8. The van der Waals surface area contributed by atoms with E-state index in [0.717, 1.165) is 30.6 Å². The van der Waals surface area contributed by atoms with E-state index in [9.17, 15) is 10.4 Å². The van der Waals surface area contributed by atoms with Crippen LogP contribution in [0.2, 0.25) is 0 Å². The fraction of sp³-hybridized carbons (Fsp3) is 0.615. The van der Waals surface area contributed by atoms with E-state index in [1.54, 1.807) is 0 Å². The number of nitrogens with zero attached hydrogens (tertiary/aromatic N) is 4. The van der Waals surface area contributed by atoms with Crippen LogP contribution in [-0.2, 0) is 0 Å². The number of β-amino-alcohol motifs (C(OH)–C–C–N with tert-alkyl or cyclic N) is 1. The van der Waals surface area contributed by atoms with E-state index in [2.05, 4.69) is 16.3 Å². The third kappa shape index (κ3) is 2.29. The molecule has 0 spiro atoms. The number of rotatable bonds is 1. The van der Waals surface area contributed by atoms with Crippen molar-refractivity contribution in [2.45, 2.75) is 39.2 Å². The van der Waals surface area contributed by atoms with Gasteiger partial charge in [0, 0.05) is 13.1 Å². The van der Waals surface area contributed by atoms with Crippen molar-refractivity contribution >= 4 is 5.82 Å². The Balaban J connectivity index is 2.40.